The number of benzene rings is 1. The highest BCUT2D eigenvalue weighted by Crippen LogP contribution is 2.39. The monoisotopic (exact) mass is 483 g/mol. The number of fused-ring (bicyclic) bond motifs is 1. The third kappa shape index (κ3) is 4.39. The van der Waals surface area contributed by atoms with Crippen molar-refractivity contribution in [2.45, 2.75) is 64.1 Å². The molecule has 1 aromatic carbocycles. The fourth-order valence-electron chi connectivity index (χ4n) is 5.36. The quantitative estimate of drug-likeness (QED) is 0.538. The molecular weight excluding hydrogens is 454 g/mol. The van der Waals surface area contributed by atoms with Gasteiger partial charge in [0.15, 0.2) is 11.6 Å². The van der Waals surface area contributed by atoms with Gasteiger partial charge >= 0.3 is 0 Å². The van der Waals surface area contributed by atoms with Gasteiger partial charge in [-0.1, -0.05) is 11.6 Å². The van der Waals surface area contributed by atoms with Gasteiger partial charge in [-0.15, -0.1) is 5.10 Å². The van der Waals surface area contributed by atoms with Crippen molar-refractivity contribution in [1.29, 1.82) is 0 Å². The molecule has 5 rings (SSSR count). The molecule has 0 aliphatic carbocycles. The normalized spacial score (nSPS) is 21.8. The molecule has 2 N–H and O–H groups in total. The second-order valence-electron chi connectivity index (χ2n) is 9.62. The van der Waals surface area contributed by atoms with Gasteiger partial charge in [0, 0.05) is 23.3 Å². The minimum Gasteiger partial charge on any atom is -0.494 e. The minimum atomic E-state index is 0.158. The molecule has 11 heteroatoms. The number of ether oxygens (including phenoxy) is 1. The van der Waals surface area contributed by atoms with Crippen LogP contribution in [-0.2, 0) is 0 Å². The molecule has 4 heterocycles. The lowest BCUT2D eigenvalue weighted by molar-refractivity contribution is 0.0501. The molecule has 10 nitrogen and oxygen atoms in total. The predicted molar refractivity (Wildman–Crippen MR) is 131 cm³/mol. The average Bonchev–Trinajstić information content (AvgIpc) is 3.45. The number of nitrogens with one attached hydrogen (secondary N) is 2. The van der Waals surface area contributed by atoms with Crippen molar-refractivity contribution in [2.24, 2.45) is 0 Å². The first-order valence-electron chi connectivity index (χ1n) is 11.6. The van der Waals surface area contributed by atoms with Gasteiger partial charge in [-0.05, 0) is 81.6 Å². The first-order chi connectivity index (χ1) is 16.3. The Morgan fingerprint density at radius 2 is 2.12 bits per heavy atom. The summed E-state index contributed by atoms with van der Waals surface area (Å²) >= 11 is 6.48. The van der Waals surface area contributed by atoms with E-state index in [-0.39, 0.29) is 5.54 Å². The molecule has 2 saturated heterocycles. The van der Waals surface area contributed by atoms with Gasteiger partial charge in [-0.25, -0.2) is 4.98 Å². The lowest BCUT2D eigenvalue weighted by atomic mass is 9.84. The van der Waals surface area contributed by atoms with Crippen molar-refractivity contribution in [3.05, 3.63) is 35.2 Å². The van der Waals surface area contributed by atoms with Crippen LogP contribution in [0.3, 0.4) is 0 Å². The second-order valence-corrected chi connectivity index (χ2v) is 10.0. The van der Waals surface area contributed by atoms with Crippen molar-refractivity contribution in [1.82, 2.24) is 35.1 Å². The van der Waals surface area contributed by atoms with Crippen LogP contribution in [0.25, 0.3) is 5.69 Å². The number of hydrogen-bond acceptors (Lipinski definition) is 9. The van der Waals surface area contributed by atoms with Gasteiger partial charge in [0.1, 0.15) is 16.5 Å². The number of halogens is 1. The van der Waals surface area contributed by atoms with Crippen LogP contribution < -0.4 is 15.4 Å². The number of anilines is 3. The van der Waals surface area contributed by atoms with Gasteiger partial charge in [-0.2, -0.15) is 9.67 Å². The summed E-state index contributed by atoms with van der Waals surface area (Å²) in [5.41, 5.74) is 1.65. The van der Waals surface area contributed by atoms with Crippen LogP contribution in [0.5, 0.6) is 5.75 Å². The Bertz CT molecular complexity index is 1180. The lowest BCUT2D eigenvalue weighted by Gasteiger charge is -2.47. The average molecular weight is 484 g/mol. The number of methoxy groups -OCH3 is 1. The van der Waals surface area contributed by atoms with E-state index in [0.717, 1.165) is 18.5 Å². The molecule has 2 aromatic heterocycles. The molecule has 0 amide bonds. The SMILES string of the molecule is COc1ccc(Nc2ncc(Cl)c(NC3CC4CCCN4C(C)(C)C3)n2)cc1-n1nnnc1C. The highest BCUT2D eigenvalue weighted by molar-refractivity contribution is 6.32. The molecule has 2 aliphatic heterocycles. The number of rotatable bonds is 6. The molecular formula is C23H30ClN9O. The predicted octanol–water partition coefficient (Wildman–Crippen LogP) is 3.98. The first kappa shape index (κ1) is 22.8. The molecule has 0 spiro atoms. The van der Waals surface area contributed by atoms with E-state index in [1.165, 1.54) is 19.4 Å². The van der Waals surface area contributed by atoms with Gasteiger partial charge in [0.25, 0.3) is 0 Å². The maximum Gasteiger partial charge on any atom is 0.229 e. The number of nitrogens with zero attached hydrogens (tertiary/aromatic N) is 7. The fraction of sp³-hybridized carbons (Fsp3) is 0.522. The lowest BCUT2D eigenvalue weighted by Crippen LogP contribution is -2.55. The van der Waals surface area contributed by atoms with Gasteiger partial charge < -0.3 is 15.4 Å². The van der Waals surface area contributed by atoms with Crippen LogP contribution in [0.1, 0.15) is 45.4 Å². The molecule has 3 aromatic rings. The van der Waals surface area contributed by atoms with E-state index in [1.54, 1.807) is 18.0 Å². The van der Waals surface area contributed by atoms with Gasteiger partial charge in [-0.3, -0.25) is 4.90 Å². The van der Waals surface area contributed by atoms with E-state index >= 15 is 0 Å². The van der Waals surface area contributed by atoms with E-state index in [1.807, 2.05) is 25.1 Å². The Morgan fingerprint density at radius 1 is 1.26 bits per heavy atom. The highest BCUT2D eigenvalue weighted by atomic mass is 35.5. The summed E-state index contributed by atoms with van der Waals surface area (Å²) in [6.07, 6.45) is 6.30. The number of tetrazole rings is 1. The number of hydrogen-bond donors (Lipinski definition) is 2. The minimum absolute atomic E-state index is 0.158. The standard InChI is InChI=1S/C23H30ClN9O/c1-14-29-30-31-33(14)19-11-15(7-8-20(19)34-4)27-22-25-13-18(24)21(28-22)26-16-10-17-6-5-9-32(17)23(2,3)12-16/h7-8,11,13,16-17H,5-6,9-10,12H2,1-4H3,(H2,25,26,27,28). The third-order valence-corrected chi connectivity index (χ3v) is 7.11. The van der Waals surface area contributed by atoms with Gasteiger partial charge in [0.05, 0.1) is 13.3 Å². The largest absolute Gasteiger partial charge is 0.494 e. The van der Waals surface area contributed by atoms with E-state index in [9.17, 15) is 0 Å². The molecule has 2 aliphatic rings. The van der Waals surface area contributed by atoms with Crippen molar-refractivity contribution in [3.8, 4) is 11.4 Å². The Balaban J connectivity index is 1.36. The van der Waals surface area contributed by atoms with Gasteiger partial charge in [0.2, 0.25) is 5.95 Å². The Kier molecular flexibility index (Phi) is 6.03. The molecule has 180 valence electrons. The maximum atomic E-state index is 6.48. The number of piperidine rings is 1. The zero-order valence-corrected chi connectivity index (χ0v) is 20.7. The summed E-state index contributed by atoms with van der Waals surface area (Å²) in [5.74, 6) is 2.41. The highest BCUT2D eigenvalue weighted by Gasteiger charge is 2.43. The molecule has 2 unspecified atom stereocenters. The summed E-state index contributed by atoms with van der Waals surface area (Å²) in [5, 5.41) is 19.1. The van der Waals surface area contributed by atoms with Crippen molar-refractivity contribution < 1.29 is 4.74 Å². The number of aryl methyl sites for hydroxylation is 1. The summed E-state index contributed by atoms with van der Waals surface area (Å²) in [7, 11) is 1.61. The van der Waals surface area contributed by atoms with Crippen LogP contribution in [0.4, 0.5) is 17.5 Å². The van der Waals surface area contributed by atoms with Crippen LogP contribution in [-0.4, -0.2) is 66.4 Å². The molecule has 34 heavy (non-hydrogen) atoms. The van der Waals surface area contributed by atoms with E-state index < -0.39 is 0 Å². The molecule has 2 atom stereocenters. The Hall–Kier alpha value is -2.98. The van der Waals surface area contributed by atoms with E-state index in [4.69, 9.17) is 21.3 Å². The van der Waals surface area contributed by atoms with Crippen molar-refractivity contribution in [2.75, 3.05) is 24.3 Å². The third-order valence-electron chi connectivity index (χ3n) is 6.83. The summed E-state index contributed by atoms with van der Waals surface area (Å²) < 4.78 is 7.11. The van der Waals surface area contributed by atoms with Crippen LogP contribution in [0.15, 0.2) is 24.4 Å². The smallest absolute Gasteiger partial charge is 0.229 e. The zero-order chi connectivity index (χ0) is 23.9. The summed E-state index contributed by atoms with van der Waals surface area (Å²) in [6.45, 7) is 7.70. The Morgan fingerprint density at radius 3 is 2.88 bits per heavy atom. The zero-order valence-electron chi connectivity index (χ0n) is 19.9. The van der Waals surface area contributed by atoms with Crippen LogP contribution in [0.2, 0.25) is 5.02 Å². The molecule has 0 bridgehead atoms. The van der Waals surface area contributed by atoms with Crippen molar-refractivity contribution >= 4 is 29.1 Å². The fourth-order valence-corrected chi connectivity index (χ4v) is 5.50. The maximum absolute atomic E-state index is 6.48. The van der Waals surface area contributed by atoms with Crippen LogP contribution in [0, 0.1) is 6.92 Å². The topological polar surface area (TPSA) is 106 Å². The molecule has 2 fully saturated rings. The summed E-state index contributed by atoms with van der Waals surface area (Å²) in [6, 6.07) is 6.57. The first-order valence-corrected chi connectivity index (χ1v) is 12.0. The van der Waals surface area contributed by atoms with E-state index in [0.29, 0.717) is 46.1 Å². The van der Waals surface area contributed by atoms with E-state index in [2.05, 4.69) is 49.9 Å². The van der Waals surface area contributed by atoms with Crippen LogP contribution >= 0.6 is 11.6 Å². The number of aromatic nitrogens is 6. The second kappa shape index (κ2) is 8.99. The molecule has 0 radical (unpaired) electrons. The van der Waals surface area contributed by atoms with Crippen molar-refractivity contribution in [3.63, 3.8) is 0 Å². The Labute approximate surface area is 204 Å². The molecule has 0 saturated carbocycles. The summed E-state index contributed by atoms with van der Waals surface area (Å²) in [4.78, 5) is 11.7.